The van der Waals surface area contributed by atoms with E-state index in [1.807, 2.05) is 22.8 Å². The van der Waals surface area contributed by atoms with Gasteiger partial charge in [0.1, 0.15) is 11.4 Å². The molecule has 1 fully saturated rings. The van der Waals surface area contributed by atoms with Crippen LogP contribution in [0.2, 0.25) is 0 Å². The van der Waals surface area contributed by atoms with E-state index < -0.39 is 0 Å². The lowest BCUT2D eigenvalue weighted by Gasteiger charge is -2.32. The summed E-state index contributed by atoms with van der Waals surface area (Å²) in [5, 5.41) is 6.25. The fraction of sp³-hybridized carbons (Fsp3) is 0.435. The topological polar surface area (TPSA) is 73.0 Å². The molecule has 0 radical (unpaired) electrons. The Morgan fingerprint density at radius 3 is 2.91 bits per heavy atom. The van der Waals surface area contributed by atoms with Crippen LogP contribution in [0.4, 0.5) is 5.82 Å². The van der Waals surface area contributed by atoms with E-state index in [-0.39, 0.29) is 5.56 Å². The quantitative estimate of drug-likeness (QED) is 0.440. The van der Waals surface area contributed by atoms with Crippen molar-refractivity contribution < 1.29 is 14.3 Å². The highest BCUT2D eigenvalue weighted by Gasteiger charge is 2.26. The smallest absolute Gasteiger partial charge is 0.262 e. The van der Waals surface area contributed by atoms with Crippen molar-refractivity contribution in [1.82, 2.24) is 14.7 Å². The molecule has 1 aromatic carbocycles. The van der Waals surface area contributed by atoms with E-state index in [9.17, 15) is 4.79 Å². The first-order valence-corrected chi connectivity index (χ1v) is 12.2. The van der Waals surface area contributed by atoms with Crippen molar-refractivity contribution in [2.24, 2.45) is 0 Å². The molecule has 3 aromatic heterocycles. The third kappa shape index (κ3) is 3.41. The van der Waals surface area contributed by atoms with Gasteiger partial charge in [-0.25, -0.2) is 4.98 Å². The lowest BCUT2D eigenvalue weighted by atomic mass is 10.1. The van der Waals surface area contributed by atoms with Crippen LogP contribution in [-0.2, 0) is 19.5 Å². The number of thiophene rings is 1. The lowest BCUT2D eigenvalue weighted by molar-refractivity contribution is -0.901. The number of rotatable bonds is 4. The second kappa shape index (κ2) is 7.99. The Hall–Kier alpha value is -2.75. The molecule has 0 aliphatic carbocycles. The number of likely N-dealkylation sites (N-methyl/N-ethyl adjacent to an activating group) is 1. The van der Waals surface area contributed by atoms with E-state index in [1.54, 1.807) is 17.7 Å². The minimum absolute atomic E-state index is 0.138. The third-order valence-corrected chi connectivity index (χ3v) is 8.10. The highest BCUT2D eigenvalue weighted by Crippen LogP contribution is 2.28. The lowest BCUT2D eigenvalue weighted by Crippen LogP contribution is -3.15. The largest absolute Gasteiger partial charge is 0.354 e. The third-order valence-electron chi connectivity index (χ3n) is 6.96. The first-order valence-electron chi connectivity index (χ1n) is 11.4. The maximum Gasteiger partial charge on any atom is 0.262 e. The van der Waals surface area contributed by atoms with Crippen molar-refractivity contribution >= 4 is 38.3 Å². The van der Waals surface area contributed by atoms with Crippen molar-refractivity contribution in [1.29, 1.82) is 0 Å². The Morgan fingerprint density at radius 2 is 2.03 bits per heavy atom. The minimum Gasteiger partial charge on any atom is -0.354 e. The number of para-hydroxylation sites is 1. The van der Waals surface area contributed by atoms with Crippen LogP contribution < -0.4 is 20.3 Å². The summed E-state index contributed by atoms with van der Waals surface area (Å²) in [7, 11) is 2.21. The van der Waals surface area contributed by atoms with Crippen LogP contribution in [0, 0.1) is 0 Å². The molecule has 2 N–H and O–H groups in total. The number of quaternary nitrogens is 2. The summed E-state index contributed by atoms with van der Waals surface area (Å²) in [6.07, 6.45) is 2.73. The van der Waals surface area contributed by atoms with Gasteiger partial charge in [-0.3, -0.25) is 9.36 Å². The van der Waals surface area contributed by atoms with Gasteiger partial charge in [0, 0.05) is 6.42 Å². The van der Waals surface area contributed by atoms with Gasteiger partial charge < -0.3 is 19.2 Å². The van der Waals surface area contributed by atoms with Crippen molar-refractivity contribution in [3.8, 4) is 0 Å². The van der Waals surface area contributed by atoms with Gasteiger partial charge in [-0.2, -0.15) is 0 Å². The zero-order valence-electron chi connectivity index (χ0n) is 18.3. The predicted molar refractivity (Wildman–Crippen MR) is 125 cm³/mol. The second-order valence-corrected chi connectivity index (χ2v) is 10.1. The average Bonchev–Trinajstić information content (AvgIpc) is 3.40. The van der Waals surface area contributed by atoms with Gasteiger partial charge >= 0.3 is 0 Å². The molecule has 1 unspecified atom stereocenters. The summed E-state index contributed by atoms with van der Waals surface area (Å²) in [4.78, 5) is 25.5. The molecule has 2 aliphatic rings. The van der Waals surface area contributed by atoms with Crippen LogP contribution in [0.5, 0.6) is 0 Å². The number of anilines is 1. The Bertz CT molecular complexity index is 1330. The van der Waals surface area contributed by atoms with E-state index in [2.05, 4.69) is 28.2 Å². The molecule has 5 heterocycles. The number of nitrogens with one attached hydrogen (secondary N) is 2. The van der Waals surface area contributed by atoms with E-state index in [0.29, 0.717) is 6.54 Å². The molecule has 1 saturated heterocycles. The normalized spacial score (nSPS) is 19.7. The Balaban J connectivity index is 1.13. The van der Waals surface area contributed by atoms with E-state index >= 15 is 0 Å². The Labute approximate surface area is 189 Å². The summed E-state index contributed by atoms with van der Waals surface area (Å²) in [5.74, 6) is 0.945. The fourth-order valence-corrected chi connectivity index (χ4v) is 6.35. The molecular formula is C23H28N6O2S+2. The SMILES string of the molecule is C[NH+]1CCc2c(sc3ncn(CC[NH+]4CCN(c5noc6ccccc56)CC4)c(=O)c23)C1. The number of nitrogens with zero attached hydrogens (tertiary/aromatic N) is 4. The molecule has 32 heavy (non-hydrogen) atoms. The summed E-state index contributed by atoms with van der Waals surface area (Å²) in [6.45, 7) is 7.65. The highest BCUT2D eigenvalue weighted by molar-refractivity contribution is 7.18. The monoisotopic (exact) mass is 452 g/mol. The van der Waals surface area contributed by atoms with Gasteiger partial charge in [0.25, 0.3) is 5.56 Å². The van der Waals surface area contributed by atoms with Gasteiger partial charge in [0.15, 0.2) is 11.4 Å². The number of hydrogen-bond acceptors (Lipinski definition) is 6. The maximum atomic E-state index is 13.2. The van der Waals surface area contributed by atoms with Gasteiger partial charge in [0.05, 0.1) is 74.8 Å². The fourth-order valence-electron chi connectivity index (χ4n) is 5.06. The first-order chi connectivity index (χ1) is 15.7. The standard InChI is InChI=1S/C23H26N6O2S/c1-26-7-6-17-19(14-26)32-22-20(17)23(30)29(15-24-22)13-10-27-8-11-28(12-9-27)21-16-4-2-3-5-18(16)31-25-21/h2-5,15H,6-14H2,1H3/p+2. The minimum atomic E-state index is 0.138. The van der Waals surface area contributed by atoms with Crippen molar-refractivity contribution in [3.05, 3.63) is 51.4 Å². The van der Waals surface area contributed by atoms with Crippen LogP contribution >= 0.6 is 11.3 Å². The molecular weight excluding hydrogens is 424 g/mol. The zero-order chi connectivity index (χ0) is 21.7. The van der Waals surface area contributed by atoms with Crippen LogP contribution in [-0.4, -0.2) is 61.0 Å². The molecule has 6 rings (SSSR count). The molecule has 166 valence electrons. The summed E-state index contributed by atoms with van der Waals surface area (Å²) >= 11 is 1.70. The van der Waals surface area contributed by atoms with Crippen molar-refractivity contribution in [3.63, 3.8) is 0 Å². The first kappa shape index (κ1) is 19.9. The van der Waals surface area contributed by atoms with Gasteiger partial charge in [-0.15, -0.1) is 11.3 Å². The predicted octanol–water partition coefficient (Wildman–Crippen LogP) is -0.425. The molecule has 4 aromatic rings. The highest BCUT2D eigenvalue weighted by atomic mass is 32.1. The molecule has 0 saturated carbocycles. The molecule has 1 atom stereocenters. The van der Waals surface area contributed by atoms with Gasteiger partial charge in [0.2, 0.25) is 0 Å². The number of hydrogen-bond donors (Lipinski definition) is 2. The summed E-state index contributed by atoms with van der Waals surface area (Å²) in [6, 6.07) is 8.02. The van der Waals surface area contributed by atoms with Crippen LogP contribution in [0.15, 0.2) is 39.9 Å². The average molecular weight is 453 g/mol. The molecule has 9 heteroatoms. The van der Waals surface area contributed by atoms with Crippen molar-refractivity contribution in [2.45, 2.75) is 19.5 Å². The zero-order valence-corrected chi connectivity index (χ0v) is 19.1. The Kier molecular flexibility index (Phi) is 4.97. The number of benzene rings is 1. The molecule has 8 nitrogen and oxygen atoms in total. The molecule has 0 bridgehead atoms. The van der Waals surface area contributed by atoms with E-state index in [4.69, 9.17) is 4.52 Å². The van der Waals surface area contributed by atoms with E-state index in [1.165, 1.54) is 20.2 Å². The number of fused-ring (bicyclic) bond motifs is 4. The van der Waals surface area contributed by atoms with Crippen LogP contribution in [0.25, 0.3) is 21.2 Å². The summed E-state index contributed by atoms with van der Waals surface area (Å²) < 4.78 is 7.30. The van der Waals surface area contributed by atoms with Gasteiger partial charge in [-0.1, -0.05) is 17.3 Å². The van der Waals surface area contributed by atoms with Crippen LogP contribution in [0.1, 0.15) is 10.4 Å². The number of piperazine rings is 1. The van der Waals surface area contributed by atoms with Gasteiger partial charge in [-0.05, 0) is 17.7 Å². The van der Waals surface area contributed by atoms with E-state index in [0.717, 1.165) is 79.2 Å². The summed E-state index contributed by atoms with van der Waals surface area (Å²) in [5.41, 5.74) is 2.23. The number of aromatic nitrogens is 3. The molecule has 2 aliphatic heterocycles. The Morgan fingerprint density at radius 1 is 1.19 bits per heavy atom. The molecule has 0 amide bonds. The van der Waals surface area contributed by atoms with Crippen LogP contribution in [0.3, 0.4) is 0 Å². The maximum absolute atomic E-state index is 13.2. The van der Waals surface area contributed by atoms with Crippen molar-refractivity contribution in [2.75, 3.05) is 51.2 Å². The molecule has 0 spiro atoms. The second-order valence-electron chi connectivity index (χ2n) is 9.05.